The van der Waals surface area contributed by atoms with E-state index in [-0.39, 0.29) is 15.6 Å². The van der Waals surface area contributed by atoms with Crippen molar-refractivity contribution in [2.24, 2.45) is 0 Å². The molecular formula is C11H15Cl2O4PSi. The van der Waals surface area contributed by atoms with E-state index in [0.717, 1.165) is 0 Å². The maximum Gasteiger partial charge on any atom is 0.389 e. The molecule has 0 amide bonds. The Balaban J connectivity index is 3.16. The third-order valence-electron chi connectivity index (χ3n) is 2.66. The highest BCUT2D eigenvalue weighted by molar-refractivity contribution is 7.73. The number of carbonyl (C=O) groups excluding carboxylic acids is 1. The van der Waals surface area contributed by atoms with Crippen molar-refractivity contribution < 1.29 is 18.5 Å². The van der Waals surface area contributed by atoms with Crippen LogP contribution < -0.4 is 0 Å². The number of carbonyl (C=O) groups is 1. The van der Waals surface area contributed by atoms with Crippen molar-refractivity contribution in [3.63, 3.8) is 0 Å². The zero-order chi connectivity index (χ0) is 14.8. The van der Waals surface area contributed by atoms with Gasteiger partial charge in [-0.15, -0.1) is 0 Å². The number of rotatable bonds is 5. The maximum atomic E-state index is 12.1. The average Bonchev–Trinajstić information content (AvgIpc) is 2.27. The molecule has 0 aliphatic rings. The summed E-state index contributed by atoms with van der Waals surface area (Å²) in [5.74, 6) is 0. The van der Waals surface area contributed by atoms with E-state index in [1.165, 1.54) is 12.1 Å². The Morgan fingerprint density at radius 2 is 1.84 bits per heavy atom. The van der Waals surface area contributed by atoms with E-state index in [1.54, 1.807) is 19.2 Å². The third kappa shape index (κ3) is 4.15. The topological polar surface area (TPSA) is 63.6 Å². The van der Waals surface area contributed by atoms with Crippen LogP contribution in [0.2, 0.25) is 29.2 Å². The lowest BCUT2D eigenvalue weighted by Gasteiger charge is -2.24. The molecule has 106 valence electrons. The summed E-state index contributed by atoms with van der Waals surface area (Å²) >= 11 is 11.7. The van der Waals surface area contributed by atoms with E-state index in [0.29, 0.717) is 6.04 Å². The van der Waals surface area contributed by atoms with Gasteiger partial charge in [-0.3, -0.25) is 9.36 Å². The smallest absolute Gasteiger partial charge is 0.345 e. The van der Waals surface area contributed by atoms with Crippen LogP contribution >= 0.6 is 30.8 Å². The summed E-state index contributed by atoms with van der Waals surface area (Å²) in [4.78, 5) is 22.0. The summed E-state index contributed by atoms with van der Waals surface area (Å²) in [7, 11) is -6.81. The first-order chi connectivity index (χ1) is 8.60. The van der Waals surface area contributed by atoms with Gasteiger partial charge in [0.05, 0.1) is 15.6 Å². The zero-order valence-electron chi connectivity index (χ0n) is 10.8. The van der Waals surface area contributed by atoms with E-state index < -0.39 is 21.4 Å². The number of halogens is 2. The summed E-state index contributed by atoms with van der Waals surface area (Å²) in [6.45, 7) is 5.37. The standard InChI is InChI=1S/C11H15Cl2O4PSi/c1-4-19(2,3)17-18(15,16)11(14)10-8(12)6-5-7-9(10)13/h5-7H,4H2,1-3H3,(H,15,16). The quantitative estimate of drug-likeness (QED) is 0.630. The molecule has 0 aromatic heterocycles. The van der Waals surface area contributed by atoms with Crippen LogP contribution in [-0.2, 0) is 8.78 Å². The Labute approximate surface area is 123 Å². The minimum absolute atomic E-state index is 0.0337. The SMILES string of the molecule is CC[Si](C)(C)OP(=O)(O)C(=O)c1c(Cl)cccc1Cl. The molecule has 0 spiro atoms. The molecule has 1 unspecified atom stereocenters. The molecule has 1 aromatic carbocycles. The lowest BCUT2D eigenvalue weighted by molar-refractivity contribution is 0.104. The first-order valence-electron chi connectivity index (χ1n) is 5.63. The van der Waals surface area contributed by atoms with Gasteiger partial charge in [-0.25, -0.2) is 0 Å². The number of hydrogen-bond donors (Lipinski definition) is 1. The van der Waals surface area contributed by atoms with Crippen LogP contribution in [0.1, 0.15) is 17.3 Å². The van der Waals surface area contributed by atoms with Gasteiger partial charge < -0.3 is 9.11 Å². The molecule has 0 aliphatic heterocycles. The van der Waals surface area contributed by atoms with Crippen LogP contribution in [0.15, 0.2) is 18.2 Å². The molecule has 0 radical (unpaired) electrons. The van der Waals surface area contributed by atoms with Gasteiger partial charge in [-0.2, -0.15) is 0 Å². The van der Waals surface area contributed by atoms with Gasteiger partial charge in [0, 0.05) is 0 Å². The Kier molecular flexibility index (Phi) is 5.41. The number of benzene rings is 1. The molecule has 0 bridgehead atoms. The van der Waals surface area contributed by atoms with Crippen molar-refractivity contribution in [2.75, 3.05) is 0 Å². The van der Waals surface area contributed by atoms with Crippen LogP contribution in [0.4, 0.5) is 0 Å². The second kappa shape index (κ2) is 6.08. The minimum atomic E-state index is -4.44. The van der Waals surface area contributed by atoms with Crippen LogP contribution in [0, 0.1) is 0 Å². The fourth-order valence-electron chi connectivity index (χ4n) is 1.28. The predicted octanol–water partition coefficient (Wildman–Crippen LogP) is 4.56. The van der Waals surface area contributed by atoms with Gasteiger partial charge in [0.25, 0.3) is 5.52 Å². The summed E-state index contributed by atoms with van der Waals surface area (Å²) in [6, 6.07) is 5.03. The van der Waals surface area contributed by atoms with Crippen LogP contribution in [0.3, 0.4) is 0 Å². The van der Waals surface area contributed by atoms with Gasteiger partial charge in [-0.05, 0) is 31.3 Å². The molecule has 1 N–H and O–H groups in total. The summed E-state index contributed by atoms with van der Waals surface area (Å²) in [5.41, 5.74) is -1.23. The Morgan fingerprint density at radius 3 is 2.26 bits per heavy atom. The minimum Gasteiger partial charge on any atom is -0.345 e. The van der Waals surface area contributed by atoms with Gasteiger partial charge in [0.15, 0.2) is 8.32 Å². The second-order valence-electron chi connectivity index (χ2n) is 4.63. The van der Waals surface area contributed by atoms with Crippen LogP contribution in [0.5, 0.6) is 0 Å². The maximum absolute atomic E-state index is 12.1. The van der Waals surface area contributed by atoms with Gasteiger partial charge in [-0.1, -0.05) is 36.2 Å². The molecule has 0 aliphatic carbocycles. The molecule has 8 heteroatoms. The molecule has 0 fully saturated rings. The predicted molar refractivity (Wildman–Crippen MR) is 79.7 cm³/mol. The monoisotopic (exact) mass is 340 g/mol. The largest absolute Gasteiger partial charge is 0.389 e. The molecule has 1 rings (SSSR count). The Morgan fingerprint density at radius 1 is 1.37 bits per heavy atom. The normalized spacial score (nSPS) is 15.1. The van der Waals surface area contributed by atoms with Gasteiger partial charge in [0.2, 0.25) is 0 Å². The van der Waals surface area contributed by atoms with Gasteiger partial charge >= 0.3 is 7.60 Å². The average molecular weight is 341 g/mol. The van der Waals surface area contributed by atoms with Crippen molar-refractivity contribution in [1.29, 1.82) is 0 Å². The van der Waals surface area contributed by atoms with E-state index in [1.807, 2.05) is 6.92 Å². The molecule has 1 atom stereocenters. The van der Waals surface area contributed by atoms with Crippen LogP contribution in [-0.4, -0.2) is 18.7 Å². The van der Waals surface area contributed by atoms with E-state index in [9.17, 15) is 14.3 Å². The van der Waals surface area contributed by atoms with Crippen molar-refractivity contribution in [3.05, 3.63) is 33.8 Å². The zero-order valence-corrected chi connectivity index (χ0v) is 14.2. The number of hydrogen-bond acceptors (Lipinski definition) is 3. The van der Waals surface area contributed by atoms with Crippen molar-refractivity contribution in [1.82, 2.24) is 0 Å². The fourth-order valence-corrected chi connectivity index (χ4v) is 6.04. The van der Waals surface area contributed by atoms with Crippen molar-refractivity contribution in [2.45, 2.75) is 26.1 Å². The molecule has 0 saturated heterocycles. The fraction of sp³-hybridized carbons (Fsp3) is 0.364. The van der Waals surface area contributed by atoms with E-state index >= 15 is 0 Å². The molecule has 19 heavy (non-hydrogen) atoms. The molecule has 0 heterocycles. The Hall–Kier alpha value is -0.163. The first kappa shape index (κ1) is 16.9. The molecule has 4 nitrogen and oxygen atoms in total. The molecular weight excluding hydrogens is 326 g/mol. The molecule has 1 aromatic rings. The van der Waals surface area contributed by atoms with Crippen molar-refractivity contribution in [3.8, 4) is 0 Å². The van der Waals surface area contributed by atoms with Crippen LogP contribution in [0.25, 0.3) is 0 Å². The summed E-state index contributed by atoms with van der Waals surface area (Å²) in [5, 5.41) is 0.0673. The summed E-state index contributed by atoms with van der Waals surface area (Å²) in [6.07, 6.45) is 0. The summed E-state index contributed by atoms with van der Waals surface area (Å²) < 4.78 is 17.3. The third-order valence-corrected chi connectivity index (χ3v) is 8.69. The Bertz CT molecular complexity index is 527. The highest BCUT2D eigenvalue weighted by atomic mass is 35.5. The second-order valence-corrected chi connectivity index (χ2v) is 11.8. The highest BCUT2D eigenvalue weighted by Gasteiger charge is 2.40. The highest BCUT2D eigenvalue weighted by Crippen LogP contribution is 2.50. The van der Waals surface area contributed by atoms with Crippen molar-refractivity contribution >= 4 is 44.6 Å². The lowest BCUT2D eigenvalue weighted by Crippen LogP contribution is -2.29. The first-order valence-corrected chi connectivity index (χ1v) is 11.1. The van der Waals surface area contributed by atoms with Gasteiger partial charge in [0.1, 0.15) is 0 Å². The van der Waals surface area contributed by atoms with E-state index in [2.05, 4.69) is 0 Å². The lowest BCUT2D eigenvalue weighted by atomic mass is 10.2. The molecule has 0 saturated carbocycles. The van der Waals surface area contributed by atoms with E-state index in [4.69, 9.17) is 27.4 Å².